The molecule has 0 unspecified atom stereocenters. The highest BCUT2D eigenvalue weighted by Gasteiger charge is 1.99. The molecule has 0 bridgehead atoms. The maximum absolute atomic E-state index is 4.22. The molecular weight excluding hydrogens is 262 g/mol. The van der Waals surface area contributed by atoms with Gasteiger partial charge in [-0.3, -0.25) is 4.98 Å². The number of rotatable bonds is 5. The maximum Gasteiger partial charge on any atom is 0.135 e. The van der Waals surface area contributed by atoms with Crippen LogP contribution in [-0.2, 0) is 6.54 Å². The van der Waals surface area contributed by atoms with Crippen molar-refractivity contribution in [1.82, 2.24) is 15.0 Å². The van der Waals surface area contributed by atoms with Gasteiger partial charge in [0.1, 0.15) is 18.0 Å². The van der Waals surface area contributed by atoms with Crippen LogP contribution < -0.4 is 10.6 Å². The Balaban J connectivity index is 1.66. The molecule has 0 saturated heterocycles. The van der Waals surface area contributed by atoms with Gasteiger partial charge in [0.25, 0.3) is 0 Å². The van der Waals surface area contributed by atoms with Crippen LogP contribution in [-0.4, -0.2) is 15.0 Å². The lowest BCUT2D eigenvalue weighted by molar-refractivity contribution is 1.07. The van der Waals surface area contributed by atoms with E-state index in [1.54, 1.807) is 6.20 Å². The molecule has 0 fully saturated rings. The number of pyridine rings is 1. The molecule has 2 N–H and O–H groups in total. The Labute approximate surface area is 123 Å². The monoisotopic (exact) mass is 277 g/mol. The van der Waals surface area contributed by atoms with Gasteiger partial charge in [-0.15, -0.1) is 0 Å². The second-order valence-electron chi connectivity index (χ2n) is 4.49. The van der Waals surface area contributed by atoms with E-state index in [1.807, 2.05) is 54.7 Å². The molecule has 104 valence electrons. The lowest BCUT2D eigenvalue weighted by Gasteiger charge is -2.08. The highest BCUT2D eigenvalue weighted by atomic mass is 15.1. The molecule has 0 spiro atoms. The Bertz CT molecular complexity index is 685. The van der Waals surface area contributed by atoms with Crippen molar-refractivity contribution in [3.63, 3.8) is 0 Å². The Kier molecular flexibility index (Phi) is 4.02. The number of para-hydroxylation sites is 1. The van der Waals surface area contributed by atoms with Gasteiger partial charge in [-0.05, 0) is 23.8 Å². The largest absolute Gasteiger partial charge is 0.366 e. The Morgan fingerprint density at radius 1 is 0.905 bits per heavy atom. The van der Waals surface area contributed by atoms with Crippen molar-refractivity contribution in [2.24, 2.45) is 0 Å². The summed E-state index contributed by atoms with van der Waals surface area (Å²) in [6.07, 6.45) is 5.13. The second kappa shape index (κ2) is 6.47. The summed E-state index contributed by atoms with van der Waals surface area (Å²) in [5.41, 5.74) is 2.10. The number of hydrogen-bond donors (Lipinski definition) is 2. The van der Waals surface area contributed by atoms with E-state index in [2.05, 4.69) is 25.6 Å². The van der Waals surface area contributed by atoms with Crippen molar-refractivity contribution >= 4 is 17.3 Å². The Morgan fingerprint density at radius 2 is 1.76 bits per heavy atom. The molecule has 3 rings (SSSR count). The van der Waals surface area contributed by atoms with Gasteiger partial charge in [-0.25, -0.2) is 9.97 Å². The molecule has 5 nitrogen and oxygen atoms in total. The van der Waals surface area contributed by atoms with E-state index in [1.165, 1.54) is 6.33 Å². The number of benzene rings is 1. The SMILES string of the molecule is c1ccc(Nc2cc(NCc3cccnc3)ncn2)cc1. The summed E-state index contributed by atoms with van der Waals surface area (Å²) >= 11 is 0. The zero-order valence-electron chi connectivity index (χ0n) is 11.4. The van der Waals surface area contributed by atoms with Crippen LogP contribution in [0, 0.1) is 0 Å². The van der Waals surface area contributed by atoms with Crippen LogP contribution >= 0.6 is 0 Å². The molecule has 0 aliphatic carbocycles. The zero-order chi connectivity index (χ0) is 14.3. The van der Waals surface area contributed by atoms with Crippen LogP contribution in [0.15, 0.2) is 67.3 Å². The molecule has 2 heterocycles. The quantitative estimate of drug-likeness (QED) is 0.749. The van der Waals surface area contributed by atoms with Crippen LogP contribution in [0.25, 0.3) is 0 Å². The predicted octanol–water partition coefficient (Wildman–Crippen LogP) is 3.23. The molecule has 2 aromatic heterocycles. The number of nitrogens with zero attached hydrogens (tertiary/aromatic N) is 3. The summed E-state index contributed by atoms with van der Waals surface area (Å²) in [4.78, 5) is 12.5. The fourth-order valence-corrected chi connectivity index (χ4v) is 1.89. The summed E-state index contributed by atoms with van der Waals surface area (Å²) in [5.74, 6) is 1.53. The first kappa shape index (κ1) is 13.1. The van der Waals surface area contributed by atoms with Crippen LogP contribution in [0.4, 0.5) is 17.3 Å². The third-order valence-corrected chi connectivity index (χ3v) is 2.91. The number of nitrogens with one attached hydrogen (secondary N) is 2. The van der Waals surface area contributed by atoms with E-state index in [0.29, 0.717) is 6.54 Å². The third kappa shape index (κ3) is 3.76. The first-order valence-corrected chi connectivity index (χ1v) is 6.67. The summed E-state index contributed by atoms with van der Waals surface area (Å²) in [5, 5.41) is 6.50. The fraction of sp³-hybridized carbons (Fsp3) is 0.0625. The van der Waals surface area contributed by atoms with Crippen LogP contribution in [0.2, 0.25) is 0 Å². The van der Waals surface area contributed by atoms with E-state index in [0.717, 1.165) is 22.9 Å². The molecule has 0 atom stereocenters. The van der Waals surface area contributed by atoms with Crippen LogP contribution in [0.3, 0.4) is 0 Å². The van der Waals surface area contributed by atoms with Gasteiger partial charge in [0.15, 0.2) is 0 Å². The highest BCUT2D eigenvalue weighted by Crippen LogP contribution is 2.15. The van der Waals surface area contributed by atoms with Gasteiger partial charge in [-0.1, -0.05) is 24.3 Å². The van der Waals surface area contributed by atoms with Gasteiger partial charge in [0.2, 0.25) is 0 Å². The molecule has 0 radical (unpaired) electrons. The fourth-order valence-electron chi connectivity index (χ4n) is 1.89. The Morgan fingerprint density at radius 3 is 2.57 bits per heavy atom. The molecule has 5 heteroatoms. The van der Waals surface area contributed by atoms with Crippen molar-refractivity contribution in [3.05, 3.63) is 72.8 Å². The van der Waals surface area contributed by atoms with Gasteiger partial charge < -0.3 is 10.6 Å². The van der Waals surface area contributed by atoms with Gasteiger partial charge in [-0.2, -0.15) is 0 Å². The predicted molar refractivity (Wildman–Crippen MR) is 83.3 cm³/mol. The topological polar surface area (TPSA) is 62.7 Å². The molecule has 0 aliphatic heterocycles. The summed E-state index contributed by atoms with van der Waals surface area (Å²) < 4.78 is 0. The van der Waals surface area contributed by atoms with Crippen molar-refractivity contribution in [3.8, 4) is 0 Å². The molecule has 1 aromatic carbocycles. The molecule has 3 aromatic rings. The molecule has 0 saturated carbocycles. The van der Waals surface area contributed by atoms with E-state index >= 15 is 0 Å². The summed E-state index contributed by atoms with van der Waals surface area (Å²) in [7, 11) is 0. The summed E-state index contributed by atoms with van der Waals surface area (Å²) in [6, 6.07) is 15.7. The summed E-state index contributed by atoms with van der Waals surface area (Å²) in [6.45, 7) is 0.676. The van der Waals surface area contributed by atoms with E-state index in [4.69, 9.17) is 0 Å². The lowest BCUT2D eigenvalue weighted by atomic mass is 10.3. The Hall–Kier alpha value is -2.95. The number of hydrogen-bond acceptors (Lipinski definition) is 5. The smallest absolute Gasteiger partial charge is 0.135 e. The first-order valence-electron chi connectivity index (χ1n) is 6.67. The first-order chi connectivity index (χ1) is 10.4. The minimum atomic E-state index is 0.676. The average Bonchev–Trinajstić information content (AvgIpc) is 2.55. The van der Waals surface area contributed by atoms with Gasteiger partial charge in [0, 0.05) is 30.7 Å². The highest BCUT2D eigenvalue weighted by molar-refractivity contribution is 5.58. The van der Waals surface area contributed by atoms with Gasteiger partial charge in [0.05, 0.1) is 0 Å². The van der Waals surface area contributed by atoms with Crippen molar-refractivity contribution in [2.45, 2.75) is 6.54 Å². The van der Waals surface area contributed by atoms with Gasteiger partial charge >= 0.3 is 0 Å². The average molecular weight is 277 g/mol. The third-order valence-electron chi connectivity index (χ3n) is 2.91. The number of anilines is 3. The maximum atomic E-state index is 4.22. The zero-order valence-corrected chi connectivity index (χ0v) is 11.4. The van der Waals surface area contributed by atoms with Crippen molar-refractivity contribution < 1.29 is 0 Å². The normalized spacial score (nSPS) is 10.1. The molecule has 21 heavy (non-hydrogen) atoms. The van der Waals surface area contributed by atoms with Crippen LogP contribution in [0.5, 0.6) is 0 Å². The second-order valence-corrected chi connectivity index (χ2v) is 4.49. The molecular formula is C16H15N5. The van der Waals surface area contributed by atoms with Crippen molar-refractivity contribution in [2.75, 3.05) is 10.6 Å². The van der Waals surface area contributed by atoms with Crippen LogP contribution in [0.1, 0.15) is 5.56 Å². The van der Waals surface area contributed by atoms with E-state index in [9.17, 15) is 0 Å². The standard InChI is InChI=1S/C16H15N5/c1-2-6-14(7-3-1)21-16-9-15(19-12-20-16)18-11-13-5-4-8-17-10-13/h1-10,12H,11H2,(H2,18,19,20,21). The minimum absolute atomic E-state index is 0.676. The molecule has 0 aliphatic rings. The van der Waals surface area contributed by atoms with E-state index in [-0.39, 0.29) is 0 Å². The van der Waals surface area contributed by atoms with Crippen molar-refractivity contribution in [1.29, 1.82) is 0 Å². The minimum Gasteiger partial charge on any atom is -0.366 e. The number of aromatic nitrogens is 3. The lowest BCUT2D eigenvalue weighted by Crippen LogP contribution is -2.03. The van der Waals surface area contributed by atoms with E-state index < -0.39 is 0 Å². The molecule has 0 amide bonds.